The summed E-state index contributed by atoms with van der Waals surface area (Å²) in [5, 5.41) is 4.27. The maximum Gasteiger partial charge on any atom is 0.142 e. The van der Waals surface area contributed by atoms with Crippen molar-refractivity contribution in [3.8, 4) is 11.5 Å². The molecule has 0 fully saturated rings. The molecule has 0 atom stereocenters. The van der Waals surface area contributed by atoms with Crippen LogP contribution in [0, 0.1) is 13.8 Å². The molecule has 3 aromatic rings. The SMILES string of the molecule is CC/C=C/Oc1c2ccc(C)cc2c(O/C=C/CC)c2cc(C)ccc12. The number of aryl methyl sites for hydroxylation is 2. The summed E-state index contributed by atoms with van der Waals surface area (Å²) in [6.45, 7) is 8.40. The van der Waals surface area contributed by atoms with E-state index in [1.54, 1.807) is 12.5 Å². The van der Waals surface area contributed by atoms with Crippen LogP contribution in [0.15, 0.2) is 61.1 Å². The minimum Gasteiger partial charge on any atom is -0.464 e. The van der Waals surface area contributed by atoms with Crippen LogP contribution >= 0.6 is 0 Å². The highest BCUT2D eigenvalue weighted by atomic mass is 16.5. The maximum atomic E-state index is 6.11. The van der Waals surface area contributed by atoms with Crippen molar-refractivity contribution in [2.45, 2.75) is 40.5 Å². The average Bonchev–Trinajstić information content (AvgIpc) is 2.63. The lowest BCUT2D eigenvalue weighted by Crippen LogP contribution is -1.93. The van der Waals surface area contributed by atoms with Crippen LogP contribution < -0.4 is 9.47 Å². The molecule has 2 heteroatoms. The Balaban J connectivity index is 2.36. The second kappa shape index (κ2) is 8.09. The second-order valence-corrected chi connectivity index (χ2v) is 6.55. The predicted octanol–water partition coefficient (Wildman–Crippen LogP) is 7.21. The van der Waals surface area contributed by atoms with Gasteiger partial charge in [0.2, 0.25) is 0 Å². The normalized spacial score (nSPS) is 11.8. The van der Waals surface area contributed by atoms with Crippen LogP contribution in [0.25, 0.3) is 21.5 Å². The third kappa shape index (κ3) is 3.60. The molecule has 3 rings (SSSR count). The summed E-state index contributed by atoms with van der Waals surface area (Å²) in [6.07, 6.45) is 9.50. The Labute approximate surface area is 155 Å². The Morgan fingerprint density at radius 1 is 0.654 bits per heavy atom. The van der Waals surface area contributed by atoms with Crippen molar-refractivity contribution < 1.29 is 9.47 Å². The largest absolute Gasteiger partial charge is 0.464 e. The molecule has 0 radical (unpaired) electrons. The Bertz CT molecular complexity index is 918. The summed E-state index contributed by atoms with van der Waals surface area (Å²) in [6, 6.07) is 12.8. The van der Waals surface area contributed by atoms with Crippen molar-refractivity contribution in [2.24, 2.45) is 0 Å². The molecule has 134 valence electrons. The summed E-state index contributed by atoms with van der Waals surface area (Å²) in [5.74, 6) is 1.77. The minimum absolute atomic E-state index is 0.881. The minimum atomic E-state index is 0.881. The molecule has 2 nitrogen and oxygen atoms in total. The van der Waals surface area contributed by atoms with E-state index in [9.17, 15) is 0 Å². The summed E-state index contributed by atoms with van der Waals surface area (Å²) >= 11 is 0. The Kier molecular flexibility index (Phi) is 5.62. The standard InChI is InChI=1S/C24H26O2/c1-5-7-13-25-23-19-11-9-17(3)15-21(19)24(26-14-8-6-2)22-16-18(4)10-12-20(22)23/h7-16H,5-6H2,1-4H3/b13-7+,14-8+. The van der Waals surface area contributed by atoms with Crippen LogP contribution in [-0.2, 0) is 0 Å². The lowest BCUT2D eigenvalue weighted by molar-refractivity contribution is 0.482. The van der Waals surface area contributed by atoms with Gasteiger partial charge in [0.25, 0.3) is 0 Å². The Morgan fingerprint density at radius 3 is 1.50 bits per heavy atom. The van der Waals surface area contributed by atoms with Gasteiger partial charge in [0.05, 0.1) is 12.5 Å². The summed E-state index contributed by atoms with van der Waals surface area (Å²) in [5.41, 5.74) is 2.40. The van der Waals surface area contributed by atoms with Crippen LogP contribution in [0.2, 0.25) is 0 Å². The molecule has 0 spiro atoms. The smallest absolute Gasteiger partial charge is 0.142 e. The van der Waals surface area contributed by atoms with Crippen molar-refractivity contribution in [3.05, 3.63) is 72.2 Å². The van der Waals surface area contributed by atoms with E-state index in [0.29, 0.717) is 0 Å². The molecule has 0 aliphatic carbocycles. The highest BCUT2D eigenvalue weighted by molar-refractivity contribution is 6.11. The first-order chi connectivity index (χ1) is 12.7. The number of ether oxygens (including phenoxy) is 2. The van der Waals surface area contributed by atoms with Gasteiger partial charge in [-0.2, -0.15) is 0 Å². The van der Waals surface area contributed by atoms with Gasteiger partial charge < -0.3 is 9.47 Å². The number of hydrogen-bond donors (Lipinski definition) is 0. The molecule has 0 aliphatic heterocycles. The summed E-state index contributed by atoms with van der Waals surface area (Å²) < 4.78 is 12.2. The monoisotopic (exact) mass is 346 g/mol. The van der Waals surface area contributed by atoms with E-state index in [4.69, 9.17) is 9.47 Å². The van der Waals surface area contributed by atoms with E-state index in [0.717, 1.165) is 45.9 Å². The van der Waals surface area contributed by atoms with E-state index in [2.05, 4.69) is 64.1 Å². The van der Waals surface area contributed by atoms with E-state index >= 15 is 0 Å². The van der Waals surface area contributed by atoms with E-state index < -0.39 is 0 Å². The third-order valence-electron chi connectivity index (χ3n) is 4.36. The fraction of sp³-hybridized carbons (Fsp3) is 0.250. The first-order valence-corrected chi connectivity index (χ1v) is 9.25. The zero-order valence-corrected chi connectivity index (χ0v) is 16.0. The Hall–Kier alpha value is -2.74. The van der Waals surface area contributed by atoms with Crippen molar-refractivity contribution >= 4 is 21.5 Å². The number of hydrogen-bond acceptors (Lipinski definition) is 2. The van der Waals surface area contributed by atoms with Crippen molar-refractivity contribution in [2.75, 3.05) is 0 Å². The van der Waals surface area contributed by atoms with Gasteiger partial charge >= 0.3 is 0 Å². The molecule has 0 bridgehead atoms. The van der Waals surface area contributed by atoms with Crippen LogP contribution in [0.1, 0.15) is 37.8 Å². The molecule has 3 aromatic carbocycles. The molecular formula is C24H26O2. The molecule has 0 saturated carbocycles. The van der Waals surface area contributed by atoms with Gasteiger partial charge in [-0.1, -0.05) is 49.2 Å². The molecular weight excluding hydrogens is 320 g/mol. The molecule has 0 aromatic heterocycles. The Morgan fingerprint density at radius 2 is 1.08 bits per heavy atom. The predicted molar refractivity (Wildman–Crippen MR) is 111 cm³/mol. The molecule has 0 aliphatic rings. The fourth-order valence-electron chi connectivity index (χ4n) is 3.06. The van der Waals surface area contributed by atoms with Gasteiger partial charge in [0.1, 0.15) is 11.5 Å². The average molecular weight is 346 g/mol. The van der Waals surface area contributed by atoms with E-state index in [1.165, 1.54) is 11.1 Å². The van der Waals surface area contributed by atoms with Crippen molar-refractivity contribution in [3.63, 3.8) is 0 Å². The molecule has 0 N–H and O–H groups in total. The van der Waals surface area contributed by atoms with Gasteiger partial charge in [-0.25, -0.2) is 0 Å². The third-order valence-corrected chi connectivity index (χ3v) is 4.36. The second-order valence-electron chi connectivity index (χ2n) is 6.55. The lowest BCUT2D eigenvalue weighted by Gasteiger charge is -2.16. The zero-order valence-electron chi connectivity index (χ0n) is 16.0. The van der Waals surface area contributed by atoms with Crippen molar-refractivity contribution in [1.29, 1.82) is 0 Å². The quantitative estimate of drug-likeness (QED) is 0.346. The van der Waals surface area contributed by atoms with E-state index in [1.807, 2.05) is 12.2 Å². The van der Waals surface area contributed by atoms with Crippen LogP contribution in [0.3, 0.4) is 0 Å². The molecule has 0 saturated heterocycles. The number of allylic oxidation sites excluding steroid dienone is 2. The van der Waals surface area contributed by atoms with Gasteiger partial charge in [-0.05, 0) is 51.0 Å². The zero-order chi connectivity index (χ0) is 18.5. The topological polar surface area (TPSA) is 18.5 Å². The van der Waals surface area contributed by atoms with Gasteiger partial charge in [0, 0.05) is 21.5 Å². The first kappa shape index (κ1) is 18.1. The molecule has 26 heavy (non-hydrogen) atoms. The van der Waals surface area contributed by atoms with Gasteiger partial charge in [-0.15, -0.1) is 0 Å². The number of benzene rings is 3. The molecule has 0 heterocycles. The highest BCUT2D eigenvalue weighted by Crippen LogP contribution is 2.43. The maximum absolute atomic E-state index is 6.11. The first-order valence-electron chi connectivity index (χ1n) is 9.25. The van der Waals surface area contributed by atoms with Crippen molar-refractivity contribution in [1.82, 2.24) is 0 Å². The number of fused-ring (bicyclic) bond motifs is 2. The van der Waals surface area contributed by atoms with Crippen LogP contribution in [-0.4, -0.2) is 0 Å². The number of rotatable bonds is 6. The van der Waals surface area contributed by atoms with Crippen LogP contribution in [0.5, 0.6) is 11.5 Å². The lowest BCUT2D eigenvalue weighted by atomic mass is 9.98. The van der Waals surface area contributed by atoms with E-state index in [-0.39, 0.29) is 0 Å². The highest BCUT2D eigenvalue weighted by Gasteiger charge is 2.16. The molecule has 0 unspecified atom stereocenters. The van der Waals surface area contributed by atoms with Gasteiger partial charge in [0.15, 0.2) is 0 Å². The van der Waals surface area contributed by atoms with Crippen LogP contribution in [0.4, 0.5) is 0 Å². The van der Waals surface area contributed by atoms with Gasteiger partial charge in [-0.3, -0.25) is 0 Å². The fourth-order valence-corrected chi connectivity index (χ4v) is 3.06. The molecule has 0 amide bonds. The summed E-state index contributed by atoms with van der Waals surface area (Å²) in [7, 11) is 0. The summed E-state index contributed by atoms with van der Waals surface area (Å²) in [4.78, 5) is 0.